The largest absolute Gasteiger partial charge is 0.379 e. The number of ether oxygens (including phenoxy) is 1. The molecule has 130 valence electrons. The first-order valence-corrected chi connectivity index (χ1v) is 8.88. The van der Waals surface area contributed by atoms with Gasteiger partial charge in [-0.25, -0.2) is 0 Å². The van der Waals surface area contributed by atoms with Gasteiger partial charge >= 0.3 is 0 Å². The molecule has 0 saturated carbocycles. The van der Waals surface area contributed by atoms with Crippen molar-refractivity contribution in [3.05, 3.63) is 11.7 Å². The zero-order valence-electron chi connectivity index (χ0n) is 14.9. The second-order valence-corrected chi connectivity index (χ2v) is 7.69. The normalized spacial score (nSPS) is 24.7. The Kier molecular flexibility index (Phi) is 5.04. The third-order valence-corrected chi connectivity index (χ3v) is 5.08. The molecule has 0 amide bonds. The Morgan fingerprint density at radius 3 is 2.61 bits per heavy atom. The lowest BCUT2D eigenvalue weighted by atomic mass is 10.0. The minimum absolute atomic E-state index is 0.132. The van der Waals surface area contributed by atoms with Crippen molar-refractivity contribution in [1.82, 2.24) is 19.9 Å². The molecule has 2 fully saturated rings. The molecule has 23 heavy (non-hydrogen) atoms. The summed E-state index contributed by atoms with van der Waals surface area (Å²) in [5, 5.41) is 4.14. The number of nitrogens with zero attached hydrogens (tertiary/aromatic N) is 4. The molecule has 1 aromatic heterocycles. The zero-order valence-corrected chi connectivity index (χ0v) is 14.9. The monoisotopic (exact) mass is 322 g/mol. The highest BCUT2D eigenvalue weighted by Gasteiger charge is 2.37. The van der Waals surface area contributed by atoms with E-state index in [1.54, 1.807) is 0 Å². The first-order valence-electron chi connectivity index (χ1n) is 8.88. The fourth-order valence-electron chi connectivity index (χ4n) is 3.68. The molecule has 2 aliphatic heterocycles. The lowest BCUT2D eigenvalue weighted by Gasteiger charge is -2.43. The van der Waals surface area contributed by atoms with Crippen LogP contribution in [0.15, 0.2) is 4.52 Å². The highest BCUT2D eigenvalue weighted by Crippen LogP contribution is 2.33. The summed E-state index contributed by atoms with van der Waals surface area (Å²) < 4.78 is 11.1. The Labute approximate surface area is 139 Å². The van der Waals surface area contributed by atoms with Gasteiger partial charge in [-0.15, -0.1) is 0 Å². The fraction of sp³-hybridized carbons (Fsp3) is 0.882. The molecule has 3 heterocycles. The zero-order chi connectivity index (χ0) is 16.4. The predicted octanol–water partition coefficient (Wildman–Crippen LogP) is 2.44. The van der Waals surface area contributed by atoms with Crippen molar-refractivity contribution in [2.45, 2.75) is 58.0 Å². The average Bonchev–Trinajstić information content (AvgIpc) is 3.16. The lowest BCUT2D eigenvalue weighted by molar-refractivity contribution is -0.0241. The molecule has 0 aliphatic carbocycles. The van der Waals surface area contributed by atoms with Gasteiger partial charge in [-0.3, -0.25) is 9.80 Å². The van der Waals surface area contributed by atoms with Gasteiger partial charge in [0.15, 0.2) is 5.82 Å². The van der Waals surface area contributed by atoms with Crippen molar-refractivity contribution in [3.63, 3.8) is 0 Å². The Morgan fingerprint density at radius 1 is 1.22 bits per heavy atom. The van der Waals surface area contributed by atoms with Crippen LogP contribution in [0.2, 0.25) is 0 Å². The summed E-state index contributed by atoms with van der Waals surface area (Å²) >= 11 is 0. The molecule has 0 radical (unpaired) electrons. The van der Waals surface area contributed by atoms with E-state index in [9.17, 15) is 0 Å². The predicted molar refractivity (Wildman–Crippen MR) is 88.4 cm³/mol. The standard InChI is InChI=1S/C17H30N4O2/c1-13(2)15-18-16(23-19-15)14-6-5-7-20(14)12-17(3,4)21-8-10-22-11-9-21/h13-14H,5-12H2,1-4H3. The third kappa shape index (κ3) is 3.75. The topological polar surface area (TPSA) is 54.6 Å². The van der Waals surface area contributed by atoms with Crippen molar-refractivity contribution in [3.8, 4) is 0 Å². The van der Waals surface area contributed by atoms with Crippen LogP contribution in [0.3, 0.4) is 0 Å². The number of aromatic nitrogens is 2. The van der Waals surface area contributed by atoms with Gasteiger partial charge in [-0.2, -0.15) is 4.98 Å². The van der Waals surface area contributed by atoms with Crippen LogP contribution in [0.25, 0.3) is 0 Å². The Hall–Kier alpha value is -0.980. The summed E-state index contributed by atoms with van der Waals surface area (Å²) in [5.74, 6) is 1.93. The summed E-state index contributed by atoms with van der Waals surface area (Å²) in [6, 6.07) is 0.273. The van der Waals surface area contributed by atoms with Crippen molar-refractivity contribution < 1.29 is 9.26 Å². The van der Waals surface area contributed by atoms with Gasteiger partial charge in [-0.1, -0.05) is 19.0 Å². The smallest absolute Gasteiger partial charge is 0.244 e. The van der Waals surface area contributed by atoms with Crippen molar-refractivity contribution in [1.29, 1.82) is 0 Å². The van der Waals surface area contributed by atoms with Crippen LogP contribution in [0.4, 0.5) is 0 Å². The van der Waals surface area contributed by atoms with Crippen molar-refractivity contribution >= 4 is 0 Å². The molecule has 0 spiro atoms. The van der Waals surface area contributed by atoms with Crippen LogP contribution in [-0.2, 0) is 4.74 Å². The van der Waals surface area contributed by atoms with Crippen LogP contribution >= 0.6 is 0 Å². The van der Waals surface area contributed by atoms with Gasteiger partial charge in [0.05, 0.1) is 19.3 Å². The third-order valence-electron chi connectivity index (χ3n) is 5.08. The Balaban J connectivity index is 1.68. The van der Waals surface area contributed by atoms with Gasteiger partial charge in [0.2, 0.25) is 5.89 Å². The van der Waals surface area contributed by atoms with E-state index < -0.39 is 0 Å². The number of hydrogen-bond donors (Lipinski definition) is 0. The first-order chi connectivity index (χ1) is 11.0. The highest BCUT2D eigenvalue weighted by atomic mass is 16.5. The van der Waals surface area contributed by atoms with E-state index >= 15 is 0 Å². The summed E-state index contributed by atoms with van der Waals surface area (Å²) in [6.07, 6.45) is 2.31. The maximum absolute atomic E-state index is 5.56. The molecule has 2 aliphatic rings. The maximum atomic E-state index is 5.56. The van der Waals surface area contributed by atoms with E-state index in [4.69, 9.17) is 9.26 Å². The molecule has 6 heteroatoms. The van der Waals surface area contributed by atoms with Crippen LogP contribution in [0.1, 0.15) is 64.2 Å². The molecule has 1 aromatic rings. The van der Waals surface area contributed by atoms with Gasteiger partial charge in [0.25, 0.3) is 0 Å². The van der Waals surface area contributed by atoms with Gasteiger partial charge in [-0.05, 0) is 33.2 Å². The molecule has 0 aromatic carbocycles. The Bertz CT molecular complexity index is 508. The van der Waals surface area contributed by atoms with Crippen molar-refractivity contribution in [2.24, 2.45) is 0 Å². The molecule has 1 atom stereocenters. The second kappa shape index (κ2) is 6.87. The number of hydrogen-bond acceptors (Lipinski definition) is 6. The van der Waals surface area contributed by atoms with E-state index in [2.05, 4.69) is 47.6 Å². The van der Waals surface area contributed by atoms with Gasteiger partial charge in [0.1, 0.15) is 0 Å². The Morgan fingerprint density at radius 2 is 1.96 bits per heavy atom. The van der Waals surface area contributed by atoms with Crippen LogP contribution in [-0.4, -0.2) is 64.9 Å². The van der Waals surface area contributed by atoms with Crippen LogP contribution in [0, 0.1) is 0 Å². The van der Waals surface area contributed by atoms with E-state index in [-0.39, 0.29) is 11.6 Å². The quantitative estimate of drug-likeness (QED) is 0.830. The van der Waals surface area contributed by atoms with Crippen LogP contribution in [0.5, 0.6) is 0 Å². The molecular formula is C17H30N4O2. The summed E-state index contributed by atoms with van der Waals surface area (Å²) in [5.41, 5.74) is 0.132. The van der Waals surface area contributed by atoms with Crippen molar-refractivity contribution in [2.75, 3.05) is 39.4 Å². The molecule has 0 bridgehead atoms. The molecule has 3 rings (SSSR count). The maximum Gasteiger partial charge on any atom is 0.244 e. The summed E-state index contributed by atoms with van der Waals surface area (Å²) in [7, 11) is 0. The molecule has 6 nitrogen and oxygen atoms in total. The molecular weight excluding hydrogens is 292 g/mol. The molecule has 0 N–H and O–H groups in total. The average molecular weight is 322 g/mol. The molecule has 1 unspecified atom stereocenters. The fourth-order valence-corrected chi connectivity index (χ4v) is 3.68. The highest BCUT2D eigenvalue weighted by molar-refractivity contribution is 5.01. The molecule has 2 saturated heterocycles. The summed E-state index contributed by atoms with van der Waals surface area (Å²) in [6.45, 7) is 14.7. The number of morpholine rings is 1. The van der Waals surface area contributed by atoms with Gasteiger partial charge < -0.3 is 9.26 Å². The van der Waals surface area contributed by atoms with E-state index in [0.29, 0.717) is 5.92 Å². The van der Waals surface area contributed by atoms with Gasteiger partial charge in [0, 0.05) is 31.1 Å². The van der Waals surface area contributed by atoms with E-state index in [0.717, 1.165) is 57.5 Å². The number of likely N-dealkylation sites (tertiary alicyclic amines) is 1. The second-order valence-electron chi connectivity index (χ2n) is 7.69. The SMILES string of the molecule is CC(C)c1noc(C2CCCN2CC(C)(C)N2CCOCC2)n1. The van der Waals surface area contributed by atoms with E-state index in [1.807, 2.05) is 0 Å². The first kappa shape index (κ1) is 16.9. The summed E-state index contributed by atoms with van der Waals surface area (Å²) in [4.78, 5) is 9.69. The minimum atomic E-state index is 0.132. The van der Waals surface area contributed by atoms with Crippen LogP contribution < -0.4 is 0 Å². The number of rotatable bonds is 5. The lowest BCUT2D eigenvalue weighted by Crippen LogP contribution is -2.55. The minimum Gasteiger partial charge on any atom is -0.379 e. The van der Waals surface area contributed by atoms with E-state index in [1.165, 1.54) is 6.42 Å².